The van der Waals surface area contributed by atoms with Crippen LogP contribution in [0.3, 0.4) is 0 Å². The summed E-state index contributed by atoms with van der Waals surface area (Å²) >= 11 is 0. The van der Waals surface area contributed by atoms with E-state index in [0.29, 0.717) is 0 Å². The number of hydrogen-bond donors (Lipinski definition) is 2. The molecule has 0 aromatic heterocycles. The van der Waals surface area contributed by atoms with E-state index in [0.717, 1.165) is 6.42 Å². The Morgan fingerprint density at radius 2 is 1.74 bits per heavy atom. The minimum Gasteiger partial charge on any atom is -0.391 e. The highest BCUT2D eigenvalue weighted by Crippen LogP contribution is 2.37. The summed E-state index contributed by atoms with van der Waals surface area (Å²) in [6, 6.07) is 18.8. The topological polar surface area (TPSA) is 32.3 Å². The fraction of sp³-hybridized carbons (Fsp3) is 0.250. The van der Waals surface area contributed by atoms with Crippen LogP contribution in [0.25, 0.3) is 0 Å². The van der Waals surface area contributed by atoms with Gasteiger partial charge in [0.15, 0.2) is 0 Å². The first-order valence-electron chi connectivity index (χ1n) is 6.56. The van der Waals surface area contributed by atoms with Gasteiger partial charge >= 0.3 is 0 Å². The molecule has 0 heterocycles. The Bertz CT molecular complexity index is 558. The van der Waals surface area contributed by atoms with Crippen LogP contribution in [0.1, 0.15) is 17.2 Å². The first-order valence-corrected chi connectivity index (χ1v) is 8.35. The molecule has 98 valence electrons. The molecule has 0 fully saturated rings. The Kier molecular flexibility index (Phi) is 3.65. The molecule has 19 heavy (non-hydrogen) atoms. The fourth-order valence-electron chi connectivity index (χ4n) is 2.66. The molecule has 0 radical (unpaired) electrons. The molecule has 2 aromatic rings. The van der Waals surface area contributed by atoms with Crippen LogP contribution in [0.4, 0.5) is 0 Å². The summed E-state index contributed by atoms with van der Waals surface area (Å²) in [5.41, 5.74) is 2.52. The maximum Gasteiger partial charge on any atom is 0.0778 e. The maximum atomic E-state index is 10.3. The summed E-state index contributed by atoms with van der Waals surface area (Å²) in [6.45, 7) is 2.21. The van der Waals surface area contributed by atoms with E-state index in [4.69, 9.17) is 0 Å². The Hall–Kier alpha value is -1.21. The zero-order valence-electron chi connectivity index (χ0n) is 11.0. The Balaban J connectivity index is 1.80. The second kappa shape index (κ2) is 5.42. The van der Waals surface area contributed by atoms with Gasteiger partial charge in [-0.05, 0) is 31.2 Å². The smallest absolute Gasteiger partial charge is 0.0778 e. The molecule has 3 atom stereocenters. The molecule has 0 saturated carbocycles. The number of rotatable bonds is 3. The Morgan fingerprint density at radius 3 is 2.53 bits per heavy atom. The van der Waals surface area contributed by atoms with Crippen molar-refractivity contribution in [1.82, 2.24) is 5.09 Å². The molecular weight excluding hydrogens is 253 g/mol. The van der Waals surface area contributed by atoms with Crippen LogP contribution in [0.15, 0.2) is 54.6 Å². The predicted molar refractivity (Wildman–Crippen MR) is 80.9 cm³/mol. The van der Waals surface area contributed by atoms with Crippen molar-refractivity contribution in [2.75, 3.05) is 6.66 Å². The maximum absolute atomic E-state index is 10.3. The van der Waals surface area contributed by atoms with E-state index < -0.39 is 8.07 Å². The number of nitrogens with one attached hydrogen (secondary N) is 1. The lowest BCUT2D eigenvalue weighted by Crippen LogP contribution is -2.27. The van der Waals surface area contributed by atoms with Gasteiger partial charge in [0.2, 0.25) is 0 Å². The number of fused-ring (bicyclic) bond motifs is 1. The van der Waals surface area contributed by atoms with Gasteiger partial charge in [0.1, 0.15) is 0 Å². The van der Waals surface area contributed by atoms with Gasteiger partial charge in [0, 0.05) is 6.42 Å². The number of aliphatic hydroxyl groups is 1. The first-order chi connectivity index (χ1) is 9.25. The summed E-state index contributed by atoms with van der Waals surface area (Å²) in [4.78, 5) is 0. The molecule has 0 aliphatic heterocycles. The van der Waals surface area contributed by atoms with Gasteiger partial charge in [-0.25, -0.2) is 0 Å². The summed E-state index contributed by atoms with van der Waals surface area (Å²) in [5, 5.41) is 15.2. The molecule has 0 bridgehead atoms. The van der Waals surface area contributed by atoms with Gasteiger partial charge in [0.05, 0.1) is 12.1 Å². The third-order valence-corrected chi connectivity index (χ3v) is 5.42. The van der Waals surface area contributed by atoms with Crippen molar-refractivity contribution in [1.29, 1.82) is 0 Å². The van der Waals surface area contributed by atoms with E-state index in [9.17, 15) is 5.11 Å². The molecular formula is C16H18NOP. The monoisotopic (exact) mass is 271 g/mol. The summed E-state index contributed by atoms with van der Waals surface area (Å²) in [5.74, 6) is 0. The van der Waals surface area contributed by atoms with E-state index in [1.165, 1.54) is 16.4 Å². The molecule has 3 rings (SSSR count). The van der Waals surface area contributed by atoms with Gasteiger partial charge in [-0.2, -0.15) is 0 Å². The molecule has 0 saturated heterocycles. The van der Waals surface area contributed by atoms with E-state index in [-0.39, 0.29) is 12.1 Å². The zero-order valence-corrected chi connectivity index (χ0v) is 11.8. The van der Waals surface area contributed by atoms with Crippen LogP contribution < -0.4 is 10.4 Å². The molecule has 1 aliphatic carbocycles. The molecule has 1 aliphatic rings. The van der Waals surface area contributed by atoms with Crippen LogP contribution in [-0.4, -0.2) is 17.9 Å². The quantitative estimate of drug-likeness (QED) is 0.841. The van der Waals surface area contributed by atoms with Gasteiger partial charge < -0.3 is 5.11 Å². The molecule has 2 nitrogen and oxygen atoms in total. The van der Waals surface area contributed by atoms with Crippen molar-refractivity contribution in [3.8, 4) is 0 Å². The van der Waals surface area contributed by atoms with E-state index in [2.05, 4.69) is 48.2 Å². The highest BCUT2D eigenvalue weighted by Gasteiger charge is 2.31. The standard InChI is InChI=1S/C16H18NOP/c1-19(13-8-3-2-4-9-13)17-16-14-10-6-5-7-12(14)11-15(16)18/h2-10,15-18H,11H2,1H3/t15-,16+,19?/m0/s1. The van der Waals surface area contributed by atoms with Crippen LogP contribution in [0, 0.1) is 0 Å². The molecule has 2 aromatic carbocycles. The SMILES string of the molecule is CP(N[C@@H]1c2ccccc2C[C@@H]1O)c1ccccc1. The van der Waals surface area contributed by atoms with E-state index in [1.54, 1.807) is 0 Å². The van der Waals surface area contributed by atoms with Crippen molar-refractivity contribution in [2.24, 2.45) is 0 Å². The normalized spacial score (nSPS) is 23.1. The van der Waals surface area contributed by atoms with Crippen LogP contribution in [0.5, 0.6) is 0 Å². The molecule has 2 N–H and O–H groups in total. The van der Waals surface area contributed by atoms with E-state index in [1.807, 2.05) is 18.2 Å². The minimum absolute atomic E-state index is 0.0625. The van der Waals surface area contributed by atoms with Crippen molar-refractivity contribution in [3.63, 3.8) is 0 Å². The van der Waals surface area contributed by atoms with Crippen molar-refractivity contribution < 1.29 is 5.11 Å². The summed E-state index contributed by atoms with van der Waals surface area (Å²) in [6.07, 6.45) is 0.442. The zero-order chi connectivity index (χ0) is 13.2. The third-order valence-electron chi connectivity index (χ3n) is 3.68. The first kappa shape index (κ1) is 12.8. The molecule has 0 spiro atoms. The average molecular weight is 271 g/mol. The van der Waals surface area contributed by atoms with Crippen LogP contribution in [-0.2, 0) is 6.42 Å². The highest BCUT2D eigenvalue weighted by molar-refractivity contribution is 7.62. The van der Waals surface area contributed by atoms with Gasteiger partial charge in [-0.15, -0.1) is 0 Å². The number of hydrogen-bond acceptors (Lipinski definition) is 2. The molecule has 1 unspecified atom stereocenters. The lowest BCUT2D eigenvalue weighted by Gasteiger charge is -2.23. The lowest BCUT2D eigenvalue weighted by atomic mass is 10.1. The van der Waals surface area contributed by atoms with Crippen molar-refractivity contribution in [3.05, 3.63) is 65.7 Å². The second-order valence-corrected chi connectivity index (χ2v) is 6.86. The van der Waals surface area contributed by atoms with Crippen molar-refractivity contribution in [2.45, 2.75) is 18.6 Å². The predicted octanol–water partition coefficient (Wildman–Crippen LogP) is 2.59. The third kappa shape index (κ3) is 2.57. The van der Waals surface area contributed by atoms with Gasteiger partial charge in [0.25, 0.3) is 0 Å². The average Bonchev–Trinajstić information content (AvgIpc) is 2.76. The number of aliphatic hydroxyl groups excluding tert-OH is 1. The summed E-state index contributed by atoms with van der Waals surface area (Å²) < 4.78 is 0. The molecule has 3 heteroatoms. The van der Waals surface area contributed by atoms with Crippen molar-refractivity contribution >= 4 is 13.4 Å². The van der Waals surface area contributed by atoms with Crippen LogP contribution >= 0.6 is 8.07 Å². The lowest BCUT2D eigenvalue weighted by molar-refractivity contribution is 0.152. The Labute approximate surface area is 115 Å². The second-order valence-electron chi connectivity index (χ2n) is 4.97. The van der Waals surface area contributed by atoms with E-state index >= 15 is 0 Å². The fourth-order valence-corrected chi connectivity index (χ4v) is 4.16. The minimum atomic E-state index is -0.448. The van der Waals surface area contributed by atoms with Gasteiger partial charge in [-0.1, -0.05) is 54.6 Å². The Morgan fingerprint density at radius 1 is 1.05 bits per heavy atom. The number of benzene rings is 2. The summed E-state index contributed by atoms with van der Waals surface area (Å²) in [7, 11) is -0.448. The highest BCUT2D eigenvalue weighted by atomic mass is 31.1. The largest absolute Gasteiger partial charge is 0.391 e. The molecule has 0 amide bonds. The van der Waals surface area contributed by atoms with Crippen LogP contribution in [0.2, 0.25) is 0 Å². The van der Waals surface area contributed by atoms with Gasteiger partial charge in [-0.3, -0.25) is 5.09 Å².